The van der Waals surface area contributed by atoms with Crippen molar-refractivity contribution in [2.45, 2.75) is 45.2 Å². The van der Waals surface area contributed by atoms with E-state index in [1.807, 2.05) is 11.3 Å². The summed E-state index contributed by atoms with van der Waals surface area (Å²) in [6, 6.07) is 10.8. The summed E-state index contributed by atoms with van der Waals surface area (Å²) in [6.45, 7) is 6.49. The minimum atomic E-state index is 0.199. The second kappa shape index (κ2) is 8.38. The second-order valence-corrected chi connectivity index (χ2v) is 9.13. The van der Waals surface area contributed by atoms with Gasteiger partial charge in [0.05, 0.1) is 25.1 Å². The van der Waals surface area contributed by atoms with Crippen molar-refractivity contribution in [1.82, 2.24) is 14.9 Å². The van der Waals surface area contributed by atoms with Crippen LogP contribution in [0.5, 0.6) is 0 Å². The predicted molar refractivity (Wildman–Crippen MR) is 119 cm³/mol. The van der Waals surface area contributed by atoms with Gasteiger partial charge in [-0.15, -0.1) is 11.3 Å². The van der Waals surface area contributed by atoms with Crippen molar-refractivity contribution in [3.63, 3.8) is 0 Å². The van der Waals surface area contributed by atoms with E-state index in [0.717, 1.165) is 55.7 Å². The molecule has 1 fully saturated rings. The first-order valence-corrected chi connectivity index (χ1v) is 11.5. The van der Waals surface area contributed by atoms with Gasteiger partial charge in [-0.25, -0.2) is 9.97 Å². The van der Waals surface area contributed by atoms with Gasteiger partial charge < -0.3 is 10.1 Å². The van der Waals surface area contributed by atoms with Gasteiger partial charge in [0, 0.05) is 24.0 Å². The van der Waals surface area contributed by atoms with E-state index in [0.29, 0.717) is 0 Å². The Morgan fingerprint density at radius 2 is 1.90 bits per heavy atom. The van der Waals surface area contributed by atoms with Gasteiger partial charge >= 0.3 is 0 Å². The number of nitrogens with one attached hydrogen (secondary N) is 1. The Morgan fingerprint density at radius 3 is 2.72 bits per heavy atom. The van der Waals surface area contributed by atoms with Crippen LogP contribution in [0.25, 0.3) is 10.2 Å². The molecule has 29 heavy (non-hydrogen) atoms. The summed E-state index contributed by atoms with van der Waals surface area (Å²) in [5.41, 5.74) is 2.76. The molecule has 0 amide bonds. The molecule has 5 nitrogen and oxygen atoms in total. The topological polar surface area (TPSA) is 50.3 Å². The smallest absolute Gasteiger partial charge is 0.146 e. The van der Waals surface area contributed by atoms with Crippen LogP contribution < -0.4 is 5.32 Å². The Balaban J connectivity index is 1.52. The lowest BCUT2D eigenvalue weighted by Gasteiger charge is -2.26. The van der Waals surface area contributed by atoms with Gasteiger partial charge in [0.25, 0.3) is 0 Å². The maximum atomic E-state index is 5.50. The Kier molecular flexibility index (Phi) is 5.48. The summed E-state index contributed by atoms with van der Waals surface area (Å²) < 4.78 is 5.50. The Hall–Kier alpha value is -2.02. The summed E-state index contributed by atoms with van der Waals surface area (Å²) in [7, 11) is 0. The Labute approximate surface area is 176 Å². The molecule has 0 saturated carbocycles. The van der Waals surface area contributed by atoms with E-state index in [2.05, 4.69) is 47.5 Å². The third-order valence-electron chi connectivity index (χ3n) is 5.98. The van der Waals surface area contributed by atoms with E-state index in [1.54, 1.807) is 0 Å². The zero-order valence-electron chi connectivity index (χ0n) is 17.0. The number of anilines is 1. The zero-order valence-corrected chi connectivity index (χ0v) is 17.8. The number of rotatable bonds is 5. The minimum Gasteiger partial charge on any atom is -0.379 e. The number of aryl methyl sites for hydroxylation is 2. The van der Waals surface area contributed by atoms with Crippen LogP contribution in [0.15, 0.2) is 30.3 Å². The van der Waals surface area contributed by atoms with Gasteiger partial charge in [0.2, 0.25) is 0 Å². The molecule has 0 spiro atoms. The van der Waals surface area contributed by atoms with Crippen molar-refractivity contribution < 1.29 is 4.74 Å². The van der Waals surface area contributed by atoms with Crippen LogP contribution in [0.4, 0.5) is 5.82 Å². The molecule has 152 valence electrons. The molecule has 3 heterocycles. The molecule has 2 aromatic heterocycles. The van der Waals surface area contributed by atoms with Gasteiger partial charge in [0.1, 0.15) is 16.5 Å². The van der Waals surface area contributed by atoms with Gasteiger partial charge in [-0.3, -0.25) is 4.90 Å². The van der Waals surface area contributed by atoms with Gasteiger partial charge in [-0.05, 0) is 43.7 Å². The van der Waals surface area contributed by atoms with Gasteiger partial charge in [0.15, 0.2) is 0 Å². The van der Waals surface area contributed by atoms with Crippen molar-refractivity contribution in [3.05, 3.63) is 52.2 Å². The number of thiophene rings is 1. The number of benzene rings is 1. The van der Waals surface area contributed by atoms with Crippen molar-refractivity contribution >= 4 is 27.4 Å². The third kappa shape index (κ3) is 4.02. The number of fused-ring (bicyclic) bond motifs is 3. The zero-order chi connectivity index (χ0) is 19.6. The van der Waals surface area contributed by atoms with E-state index < -0.39 is 0 Å². The molecule has 0 bridgehead atoms. The summed E-state index contributed by atoms with van der Waals surface area (Å²) in [6.07, 6.45) is 4.89. The highest BCUT2D eigenvalue weighted by atomic mass is 32.1. The Morgan fingerprint density at radius 1 is 1.10 bits per heavy atom. The Bertz CT molecular complexity index is 981. The van der Waals surface area contributed by atoms with Crippen LogP contribution in [-0.2, 0) is 24.1 Å². The van der Waals surface area contributed by atoms with E-state index >= 15 is 0 Å². The SMILES string of the molecule is CC(Nc1nc(CN2CCOCC2)nc2sc3c(c12)CCCC3)c1ccccc1. The molecule has 1 N–H and O–H groups in total. The van der Waals surface area contributed by atoms with E-state index in [1.165, 1.54) is 40.7 Å². The number of nitrogens with zero attached hydrogens (tertiary/aromatic N) is 3. The number of hydrogen-bond donors (Lipinski definition) is 1. The molecular weight excluding hydrogens is 380 g/mol. The highest BCUT2D eigenvalue weighted by Crippen LogP contribution is 2.39. The second-order valence-electron chi connectivity index (χ2n) is 8.04. The van der Waals surface area contributed by atoms with Crippen LogP contribution in [0.3, 0.4) is 0 Å². The monoisotopic (exact) mass is 408 g/mol. The number of ether oxygens (including phenoxy) is 1. The average Bonchev–Trinajstić information content (AvgIpc) is 3.13. The molecule has 1 aliphatic heterocycles. The molecular formula is C23H28N4OS. The normalized spacial score (nSPS) is 18.5. The molecule has 0 radical (unpaired) electrons. The largest absolute Gasteiger partial charge is 0.379 e. The first-order chi connectivity index (χ1) is 14.3. The first kappa shape index (κ1) is 19.0. The summed E-state index contributed by atoms with van der Waals surface area (Å²) >= 11 is 1.88. The molecule has 6 heteroatoms. The number of morpholine rings is 1. The van der Waals surface area contributed by atoms with Crippen LogP contribution >= 0.6 is 11.3 Å². The molecule has 3 aromatic rings. The van der Waals surface area contributed by atoms with E-state index in [4.69, 9.17) is 14.7 Å². The highest BCUT2D eigenvalue weighted by molar-refractivity contribution is 7.19. The average molecular weight is 409 g/mol. The minimum absolute atomic E-state index is 0.199. The highest BCUT2D eigenvalue weighted by Gasteiger charge is 2.23. The lowest BCUT2D eigenvalue weighted by Crippen LogP contribution is -2.36. The van der Waals surface area contributed by atoms with Crippen molar-refractivity contribution in [1.29, 1.82) is 0 Å². The van der Waals surface area contributed by atoms with E-state index in [9.17, 15) is 0 Å². The third-order valence-corrected chi connectivity index (χ3v) is 7.17. The lowest BCUT2D eigenvalue weighted by atomic mass is 9.97. The molecule has 1 atom stereocenters. The van der Waals surface area contributed by atoms with Crippen molar-refractivity contribution in [2.75, 3.05) is 31.6 Å². The summed E-state index contributed by atoms with van der Waals surface area (Å²) in [5, 5.41) is 4.99. The quantitative estimate of drug-likeness (QED) is 0.670. The van der Waals surface area contributed by atoms with Gasteiger partial charge in [-0.1, -0.05) is 30.3 Å². The standard InChI is InChI=1S/C23H28N4OS/c1-16(17-7-3-2-4-8-17)24-22-21-18-9-5-6-10-19(18)29-23(21)26-20(25-22)15-27-11-13-28-14-12-27/h2-4,7-8,16H,5-6,9-15H2,1H3,(H,24,25,26). The van der Waals surface area contributed by atoms with Crippen LogP contribution in [0.1, 0.15) is 47.6 Å². The molecule has 1 aromatic carbocycles. The van der Waals surface area contributed by atoms with Crippen molar-refractivity contribution in [2.24, 2.45) is 0 Å². The summed E-state index contributed by atoms with van der Waals surface area (Å²) in [4.78, 5) is 15.1. The fourth-order valence-electron chi connectivity index (χ4n) is 4.37. The molecule has 1 saturated heterocycles. The molecule has 5 rings (SSSR count). The summed E-state index contributed by atoms with van der Waals surface area (Å²) in [5.74, 6) is 1.93. The molecule has 1 aliphatic carbocycles. The van der Waals surface area contributed by atoms with E-state index in [-0.39, 0.29) is 6.04 Å². The van der Waals surface area contributed by atoms with Crippen LogP contribution in [0, 0.1) is 0 Å². The van der Waals surface area contributed by atoms with Crippen molar-refractivity contribution in [3.8, 4) is 0 Å². The van der Waals surface area contributed by atoms with Gasteiger partial charge in [-0.2, -0.15) is 0 Å². The maximum absolute atomic E-state index is 5.50. The number of hydrogen-bond acceptors (Lipinski definition) is 6. The number of aromatic nitrogens is 2. The fraction of sp³-hybridized carbons (Fsp3) is 0.478. The lowest BCUT2D eigenvalue weighted by molar-refractivity contribution is 0.0331. The fourth-order valence-corrected chi connectivity index (χ4v) is 5.65. The predicted octanol–water partition coefficient (Wildman–Crippen LogP) is 4.58. The molecule has 1 unspecified atom stereocenters. The maximum Gasteiger partial charge on any atom is 0.146 e. The van der Waals surface area contributed by atoms with Crippen LogP contribution in [-0.4, -0.2) is 41.2 Å². The first-order valence-electron chi connectivity index (χ1n) is 10.7. The van der Waals surface area contributed by atoms with Crippen LogP contribution in [0.2, 0.25) is 0 Å². The molecule has 2 aliphatic rings.